The van der Waals surface area contributed by atoms with E-state index in [-0.39, 0.29) is 0 Å². The second-order valence-corrected chi connectivity index (χ2v) is 7.40. The van der Waals surface area contributed by atoms with E-state index in [1.807, 2.05) is 0 Å². The van der Waals surface area contributed by atoms with Crippen LogP contribution in [0.4, 0.5) is 0 Å². The Bertz CT molecular complexity index is 174. The van der Waals surface area contributed by atoms with Crippen LogP contribution in [-0.4, -0.2) is 10.2 Å². The molecular formula is C14H30Si. The molecule has 0 aromatic heterocycles. The van der Waals surface area contributed by atoms with Crippen LogP contribution in [0, 0.1) is 23.7 Å². The van der Waals surface area contributed by atoms with Gasteiger partial charge in [-0.25, -0.2) is 0 Å². The highest BCUT2D eigenvalue weighted by Crippen LogP contribution is 2.46. The van der Waals surface area contributed by atoms with Crippen molar-refractivity contribution in [2.24, 2.45) is 23.7 Å². The minimum absolute atomic E-state index is 0.959. The Balaban J connectivity index is 2.72. The molecule has 90 valence electrons. The van der Waals surface area contributed by atoms with Gasteiger partial charge in [0.2, 0.25) is 0 Å². The molecule has 0 nitrogen and oxygen atoms in total. The smallest absolute Gasteiger partial charge is 0.00710 e. The summed E-state index contributed by atoms with van der Waals surface area (Å²) in [6, 6.07) is 0. The van der Waals surface area contributed by atoms with Gasteiger partial charge in [-0.15, -0.1) is 0 Å². The minimum atomic E-state index is 0.959. The first-order valence-electron chi connectivity index (χ1n) is 7.11. The molecule has 0 aliphatic heterocycles. The van der Waals surface area contributed by atoms with Gasteiger partial charge in [-0.1, -0.05) is 58.9 Å². The van der Waals surface area contributed by atoms with Crippen molar-refractivity contribution in [3.8, 4) is 0 Å². The Labute approximate surface area is 99.6 Å². The third-order valence-corrected chi connectivity index (χ3v) is 6.37. The predicted molar refractivity (Wildman–Crippen MR) is 73.4 cm³/mol. The summed E-state index contributed by atoms with van der Waals surface area (Å²) in [5.41, 5.74) is 1.10. The van der Waals surface area contributed by atoms with Crippen LogP contribution in [0.1, 0.15) is 59.8 Å². The molecule has 0 saturated heterocycles. The fourth-order valence-electron chi connectivity index (χ4n) is 3.70. The van der Waals surface area contributed by atoms with E-state index in [0.717, 1.165) is 29.2 Å². The molecule has 0 aromatic rings. The largest absolute Gasteiger partial charge is 0.0651 e. The summed E-state index contributed by atoms with van der Waals surface area (Å²) in [5.74, 6) is 4.03. The van der Waals surface area contributed by atoms with Crippen LogP contribution >= 0.6 is 0 Å². The fraction of sp³-hybridized carbons (Fsp3) is 1.00. The van der Waals surface area contributed by atoms with E-state index in [1.54, 1.807) is 0 Å². The van der Waals surface area contributed by atoms with E-state index in [9.17, 15) is 0 Å². The topological polar surface area (TPSA) is 0 Å². The maximum absolute atomic E-state index is 2.50. The molecule has 1 fully saturated rings. The standard InChI is InChI=1S/C14H30Si/c1-5-10(3)12-8-7-9-13(15)14(12)11(4)6-2/h10-14H,5-9H2,1-4,15H3. The maximum atomic E-state index is 2.50. The van der Waals surface area contributed by atoms with Crippen molar-refractivity contribution in [1.29, 1.82) is 0 Å². The van der Waals surface area contributed by atoms with Crippen molar-refractivity contribution >= 4 is 10.2 Å². The van der Waals surface area contributed by atoms with Gasteiger partial charge in [0.15, 0.2) is 0 Å². The molecule has 5 atom stereocenters. The van der Waals surface area contributed by atoms with Crippen LogP contribution < -0.4 is 0 Å². The normalized spacial score (nSPS) is 36.4. The summed E-state index contributed by atoms with van der Waals surface area (Å²) in [6.07, 6.45) is 7.33. The zero-order valence-electron chi connectivity index (χ0n) is 11.4. The lowest BCUT2D eigenvalue weighted by Crippen LogP contribution is -2.33. The molecule has 0 amide bonds. The molecule has 0 radical (unpaired) electrons. The van der Waals surface area contributed by atoms with Crippen molar-refractivity contribution in [2.45, 2.75) is 65.3 Å². The SMILES string of the molecule is CCC(C)C1CCCC([SiH3])C1C(C)CC. The highest BCUT2D eigenvalue weighted by molar-refractivity contribution is 6.11. The molecule has 1 heteroatoms. The summed E-state index contributed by atoms with van der Waals surface area (Å²) in [6.45, 7) is 9.73. The number of hydrogen-bond acceptors (Lipinski definition) is 0. The van der Waals surface area contributed by atoms with Gasteiger partial charge in [-0.2, -0.15) is 0 Å². The lowest BCUT2D eigenvalue weighted by Gasteiger charge is -2.43. The first-order valence-corrected chi connectivity index (χ1v) is 8.27. The molecule has 0 aromatic carbocycles. The molecule has 1 rings (SSSR count). The molecule has 1 saturated carbocycles. The van der Waals surface area contributed by atoms with Crippen LogP contribution in [0.3, 0.4) is 0 Å². The average molecular weight is 226 g/mol. The van der Waals surface area contributed by atoms with Crippen LogP contribution in [0.15, 0.2) is 0 Å². The summed E-state index contributed by atoms with van der Waals surface area (Å²) in [7, 11) is 1.42. The predicted octanol–water partition coefficient (Wildman–Crippen LogP) is 3.65. The summed E-state index contributed by atoms with van der Waals surface area (Å²) in [4.78, 5) is 0. The first-order chi connectivity index (χ1) is 7.11. The molecule has 15 heavy (non-hydrogen) atoms. The second-order valence-electron chi connectivity index (χ2n) is 5.92. The molecule has 1 aliphatic carbocycles. The van der Waals surface area contributed by atoms with Crippen LogP contribution in [0.25, 0.3) is 0 Å². The summed E-state index contributed by atoms with van der Waals surface area (Å²) < 4.78 is 0. The monoisotopic (exact) mass is 226 g/mol. The van der Waals surface area contributed by atoms with Crippen LogP contribution in [0.2, 0.25) is 5.54 Å². The molecule has 0 bridgehead atoms. The van der Waals surface area contributed by atoms with E-state index in [1.165, 1.54) is 42.3 Å². The highest BCUT2D eigenvalue weighted by atomic mass is 28.1. The summed E-state index contributed by atoms with van der Waals surface area (Å²) in [5, 5.41) is 0. The van der Waals surface area contributed by atoms with Gasteiger partial charge in [0, 0.05) is 10.2 Å². The van der Waals surface area contributed by atoms with E-state index in [0.29, 0.717) is 0 Å². The highest BCUT2D eigenvalue weighted by Gasteiger charge is 2.35. The minimum Gasteiger partial charge on any atom is -0.0651 e. The molecule has 1 aliphatic rings. The average Bonchev–Trinajstić information content (AvgIpc) is 2.26. The zero-order chi connectivity index (χ0) is 11.4. The maximum Gasteiger partial charge on any atom is 0.00710 e. The van der Waals surface area contributed by atoms with Gasteiger partial charge < -0.3 is 0 Å². The van der Waals surface area contributed by atoms with Crippen LogP contribution in [0.5, 0.6) is 0 Å². The molecule has 0 spiro atoms. The zero-order valence-corrected chi connectivity index (χ0v) is 13.4. The third-order valence-electron chi connectivity index (χ3n) is 5.02. The second kappa shape index (κ2) is 6.08. The number of hydrogen-bond donors (Lipinski definition) is 0. The van der Waals surface area contributed by atoms with Gasteiger partial charge in [-0.05, 0) is 30.1 Å². The van der Waals surface area contributed by atoms with E-state index in [2.05, 4.69) is 27.7 Å². The molecule has 0 heterocycles. The Morgan fingerprint density at radius 2 is 1.67 bits per heavy atom. The Kier molecular flexibility index (Phi) is 5.38. The van der Waals surface area contributed by atoms with Gasteiger partial charge in [0.05, 0.1) is 0 Å². The van der Waals surface area contributed by atoms with Crippen molar-refractivity contribution < 1.29 is 0 Å². The third kappa shape index (κ3) is 3.09. The first kappa shape index (κ1) is 13.3. The number of rotatable bonds is 4. The van der Waals surface area contributed by atoms with Crippen molar-refractivity contribution in [3.63, 3.8) is 0 Å². The van der Waals surface area contributed by atoms with Crippen molar-refractivity contribution in [3.05, 3.63) is 0 Å². The molecule has 0 N–H and O–H groups in total. The molecular weight excluding hydrogens is 196 g/mol. The Hall–Kier alpha value is 0.217. The summed E-state index contributed by atoms with van der Waals surface area (Å²) >= 11 is 0. The van der Waals surface area contributed by atoms with Crippen molar-refractivity contribution in [2.75, 3.05) is 0 Å². The lowest BCUT2D eigenvalue weighted by atomic mass is 9.66. The van der Waals surface area contributed by atoms with Gasteiger partial charge in [0.25, 0.3) is 0 Å². The van der Waals surface area contributed by atoms with E-state index in [4.69, 9.17) is 0 Å². The van der Waals surface area contributed by atoms with Crippen molar-refractivity contribution in [1.82, 2.24) is 0 Å². The quantitative estimate of drug-likeness (QED) is 0.642. The van der Waals surface area contributed by atoms with Gasteiger partial charge in [0.1, 0.15) is 0 Å². The van der Waals surface area contributed by atoms with Gasteiger partial charge >= 0.3 is 0 Å². The van der Waals surface area contributed by atoms with E-state index >= 15 is 0 Å². The van der Waals surface area contributed by atoms with Gasteiger partial charge in [-0.3, -0.25) is 0 Å². The molecule has 5 unspecified atom stereocenters. The van der Waals surface area contributed by atoms with Crippen LogP contribution in [-0.2, 0) is 0 Å². The Morgan fingerprint density at radius 3 is 2.20 bits per heavy atom. The van der Waals surface area contributed by atoms with E-state index < -0.39 is 0 Å². The Morgan fingerprint density at radius 1 is 1.07 bits per heavy atom. The lowest BCUT2D eigenvalue weighted by molar-refractivity contribution is 0.117. The fourth-order valence-corrected chi connectivity index (χ4v) is 5.26.